The molecule has 0 fully saturated rings. The molecule has 0 bridgehead atoms. The average molecular weight is 312 g/mol. The van der Waals surface area contributed by atoms with Gasteiger partial charge in [0.15, 0.2) is 0 Å². The maximum absolute atomic E-state index is 12.0. The number of methoxy groups -OCH3 is 1. The standard InChI is InChI=1S/C18H20N2O3/c1-13-6-5-8-14(10-13)18(22)20-12-17(21)19-11-15-7-3-4-9-16(15)23-2/h3-10H,11-12H2,1-2H3,(H,19,21)(H,20,22). The summed E-state index contributed by atoms with van der Waals surface area (Å²) in [5.41, 5.74) is 2.43. The molecule has 0 aliphatic rings. The van der Waals surface area contributed by atoms with Gasteiger partial charge in [-0.15, -0.1) is 0 Å². The van der Waals surface area contributed by atoms with E-state index in [4.69, 9.17) is 4.74 Å². The minimum atomic E-state index is -0.263. The zero-order valence-corrected chi connectivity index (χ0v) is 13.3. The van der Waals surface area contributed by atoms with Gasteiger partial charge < -0.3 is 15.4 Å². The number of ether oxygens (including phenoxy) is 1. The molecule has 5 heteroatoms. The highest BCUT2D eigenvalue weighted by molar-refractivity contribution is 5.96. The van der Waals surface area contributed by atoms with E-state index in [1.807, 2.05) is 43.3 Å². The number of rotatable bonds is 6. The molecule has 0 aromatic heterocycles. The largest absolute Gasteiger partial charge is 0.496 e. The maximum Gasteiger partial charge on any atom is 0.251 e. The van der Waals surface area contributed by atoms with Crippen molar-refractivity contribution < 1.29 is 14.3 Å². The third-order valence-corrected chi connectivity index (χ3v) is 3.36. The molecule has 2 N–H and O–H groups in total. The van der Waals surface area contributed by atoms with Crippen LogP contribution in [0.25, 0.3) is 0 Å². The van der Waals surface area contributed by atoms with Crippen LogP contribution in [-0.2, 0) is 11.3 Å². The van der Waals surface area contributed by atoms with Crippen LogP contribution in [-0.4, -0.2) is 25.5 Å². The third kappa shape index (κ3) is 4.85. The molecule has 0 saturated carbocycles. The van der Waals surface area contributed by atoms with Crippen LogP contribution in [0, 0.1) is 6.92 Å². The van der Waals surface area contributed by atoms with Gasteiger partial charge in [0.1, 0.15) is 5.75 Å². The van der Waals surface area contributed by atoms with Gasteiger partial charge in [-0.05, 0) is 25.1 Å². The van der Waals surface area contributed by atoms with Gasteiger partial charge in [0.25, 0.3) is 5.91 Å². The van der Waals surface area contributed by atoms with E-state index < -0.39 is 0 Å². The SMILES string of the molecule is COc1ccccc1CNC(=O)CNC(=O)c1cccc(C)c1. The topological polar surface area (TPSA) is 67.4 Å². The van der Waals surface area contributed by atoms with Crippen LogP contribution in [0.1, 0.15) is 21.5 Å². The number of hydrogen-bond acceptors (Lipinski definition) is 3. The Labute approximate surface area is 135 Å². The molecule has 2 rings (SSSR count). The summed E-state index contributed by atoms with van der Waals surface area (Å²) in [6, 6.07) is 14.7. The molecule has 0 saturated heterocycles. The number of hydrogen-bond donors (Lipinski definition) is 2. The van der Waals surface area contributed by atoms with Crippen LogP contribution in [0.15, 0.2) is 48.5 Å². The van der Waals surface area contributed by atoms with Crippen molar-refractivity contribution in [1.82, 2.24) is 10.6 Å². The zero-order chi connectivity index (χ0) is 16.7. The van der Waals surface area contributed by atoms with Crippen molar-refractivity contribution in [2.24, 2.45) is 0 Å². The fourth-order valence-corrected chi connectivity index (χ4v) is 2.15. The summed E-state index contributed by atoms with van der Waals surface area (Å²) in [5, 5.41) is 5.37. The molecule has 0 heterocycles. The molecular weight excluding hydrogens is 292 g/mol. The van der Waals surface area contributed by atoms with Crippen LogP contribution in [0.3, 0.4) is 0 Å². The first-order valence-electron chi connectivity index (χ1n) is 7.33. The lowest BCUT2D eigenvalue weighted by Gasteiger charge is -2.10. The quantitative estimate of drug-likeness (QED) is 0.858. The van der Waals surface area contributed by atoms with E-state index in [1.165, 1.54) is 0 Å². The molecule has 2 aromatic carbocycles. The van der Waals surface area contributed by atoms with E-state index in [0.717, 1.165) is 16.9 Å². The predicted molar refractivity (Wildman–Crippen MR) is 88.4 cm³/mol. The summed E-state index contributed by atoms with van der Waals surface area (Å²) in [6.07, 6.45) is 0. The smallest absolute Gasteiger partial charge is 0.251 e. The average Bonchev–Trinajstić information content (AvgIpc) is 2.58. The summed E-state index contributed by atoms with van der Waals surface area (Å²) < 4.78 is 5.22. The first-order chi connectivity index (χ1) is 11.1. The fraction of sp³-hybridized carbons (Fsp3) is 0.222. The Bertz CT molecular complexity index is 698. The summed E-state index contributed by atoms with van der Waals surface area (Å²) in [6.45, 7) is 2.20. The lowest BCUT2D eigenvalue weighted by molar-refractivity contribution is -0.120. The number of carbonyl (C=O) groups is 2. The molecule has 0 aliphatic heterocycles. The summed E-state index contributed by atoms with van der Waals surface area (Å²) in [7, 11) is 1.59. The van der Waals surface area contributed by atoms with E-state index in [-0.39, 0.29) is 18.4 Å². The van der Waals surface area contributed by atoms with Crippen molar-refractivity contribution in [3.63, 3.8) is 0 Å². The highest BCUT2D eigenvalue weighted by Crippen LogP contribution is 2.16. The van der Waals surface area contributed by atoms with Crippen molar-refractivity contribution in [3.8, 4) is 5.75 Å². The summed E-state index contributed by atoms with van der Waals surface area (Å²) >= 11 is 0. The van der Waals surface area contributed by atoms with Gasteiger partial charge in [-0.3, -0.25) is 9.59 Å². The number of amides is 2. The molecule has 0 spiro atoms. The Morgan fingerprint density at radius 2 is 1.83 bits per heavy atom. The number of carbonyl (C=O) groups excluding carboxylic acids is 2. The highest BCUT2D eigenvalue weighted by atomic mass is 16.5. The zero-order valence-electron chi connectivity index (χ0n) is 13.3. The summed E-state index contributed by atoms with van der Waals surface area (Å²) in [5.74, 6) is 0.203. The number of para-hydroxylation sites is 1. The second-order valence-corrected chi connectivity index (χ2v) is 5.14. The van der Waals surface area contributed by atoms with Gasteiger partial charge in [0, 0.05) is 17.7 Å². The van der Waals surface area contributed by atoms with Crippen LogP contribution < -0.4 is 15.4 Å². The fourth-order valence-electron chi connectivity index (χ4n) is 2.15. The van der Waals surface area contributed by atoms with Crippen LogP contribution in [0.5, 0.6) is 5.75 Å². The molecular formula is C18H20N2O3. The van der Waals surface area contributed by atoms with Crippen LogP contribution in [0.2, 0.25) is 0 Å². The molecule has 0 aliphatic carbocycles. The minimum Gasteiger partial charge on any atom is -0.496 e. The van der Waals surface area contributed by atoms with Gasteiger partial charge in [-0.25, -0.2) is 0 Å². The first-order valence-corrected chi connectivity index (χ1v) is 7.33. The first kappa shape index (κ1) is 16.5. The van der Waals surface area contributed by atoms with E-state index in [9.17, 15) is 9.59 Å². The molecule has 120 valence electrons. The maximum atomic E-state index is 12.0. The van der Waals surface area contributed by atoms with E-state index in [2.05, 4.69) is 10.6 Å². The van der Waals surface area contributed by atoms with Crippen molar-refractivity contribution >= 4 is 11.8 Å². The van der Waals surface area contributed by atoms with Crippen molar-refractivity contribution in [2.45, 2.75) is 13.5 Å². The van der Waals surface area contributed by atoms with E-state index >= 15 is 0 Å². The third-order valence-electron chi connectivity index (χ3n) is 3.36. The number of nitrogens with one attached hydrogen (secondary N) is 2. The van der Waals surface area contributed by atoms with Crippen LogP contribution in [0.4, 0.5) is 0 Å². The highest BCUT2D eigenvalue weighted by Gasteiger charge is 2.09. The predicted octanol–water partition coefficient (Wildman–Crippen LogP) is 2.05. The molecule has 0 radical (unpaired) electrons. The second kappa shape index (κ2) is 7.98. The van der Waals surface area contributed by atoms with Gasteiger partial charge in [0.05, 0.1) is 13.7 Å². The molecule has 2 amide bonds. The van der Waals surface area contributed by atoms with E-state index in [1.54, 1.807) is 19.2 Å². The van der Waals surface area contributed by atoms with Crippen molar-refractivity contribution in [1.29, 1.82) is 0 Å². The Kier molecular flexibility index (Phi) is 5.74. The second-order valence-electron chi connectivity index (χ2n) is 5.14. The molecule has 2 aromatic rings. The lowest BCUT2D eigenvalue weighted by Crippen LogP contribution is -2.36. The molecule has 23 heavy (non-hydrogen) atoms. The van der Waals surface area contributed by atoms with E-state index in [0.29, 0.717) is 12.1 Å². The normalized spacial score (nSPS) is 10.0. The molecule has 5 nitrogen and oxygen atoms in total. The molecule has 0 atom stereocenters. The summed E-state index contributed by atoms with van der Waals surface area (Å²) in [4.78, 5) is 23.8. The van der Waals surface area contributed by atoms with Gasteiger partial charge >= 0.3 is 0 Å². The Hall–Kier alpha value is -2.82. The Morgan fingerprint density at radius 1 is 1.04 bits per heavy atom. The monoisotopic (exact) mass is 312 g/mol. The minimum absolute atomic E-state index is 0.0675. The number of aryl methyl sites for hydroxylation is 1. The Balaban J connectivity index is 1.82. The van der Waals surface area contributed by atoms with Crippen molar-refractivity contribution in [3.05, 3.63) is 65.2 Å². The Morgan fingerprint density at radius 3 is 2.57 bits per heavy atom. The van der Waals surface area contributed by atoms with Gasteiger partial charge in [-0.1, -0.05) is 35.9 Å². The number of benzene rings is 2. The van der Waals surface area contributed by atoms with Gasteiger partial charge in [-0.2, -0.15) is 0 Å². The van der Waals surface area contributed by atoms with Crippen molar-refractivity contribution in [2.75, 3.05) is 13.7 Å². The lowest BCUT2D eigenvalue weighted by atomic mass is 10.1. The molecule has 0 unspecified atom stereocenters. The van der Waals surface area contributed by atoms with Crippen LogP contribution >= 0.6 is 0 Å². The van der Waals surface area contributed by atoms with Gasteiger partial charge in [0.2, 0.25) is 5.91 Å².